The molecule has 0 aliphatic heterocycles. The summed E-state index contributed by atoms with van der Waals surface area (Å²) in [4.78, 5) is 0. The van der Waals surface area contributed by atoms with Crippen LogP contribution in [-0.4, -0.2) is 0 Å². The Morgan fingerprint density at radius 1 is 1.36 bits per heavy atom. The van der Waals surface area contributed by atoms with Gasteiger partial charge in [0.1, 0.15) is 0 Å². The van der Waals surface area contributed by atoms with Gasteiger partial charge in [-0.2, -0.15) is 0 Å². The van der Waals surface area contributed by atoms with Crippen LogP contribution in [0.1, 0.15) is 16.7 Å². The van der Waals surface area contributed by atoms with Crippen LogP contribution in [0.2, 0.25) is 0 Å². The third-order valence-electron chi connectivity index (χ3n) is 1.93. The van der Waals surface area contributed by atoms with Gasteiger partial charge in [0.25, 0.3) is 5.75 Å². The van der Waals surface area contributed by atoms with Crippen molar-refractivity contribution >= 4 is 11.7 Å². The molecule has 0 fully saturated rings. The van der Waals surface area contributed by atoms with Gasteiger partial charge in [-0.3, -0.25) is 0 Å². The first-order chi connectivity index (χ1) is 5.25. The fourth-order valence-corrected chi connectivity index (χ4v) is 1.47. The van der Waals surface area contributed by atoms with Gasteiger partial charge in [0, 0.05) is 9.77 Å². The van der Waals surface area contributed by atoms with E-state index in [2.05, 4.69) is 19.9 Å². The minimum Gasteiger partial charge on any atom is -0.0615 e. The molecule has 0 amide bonds. The van der Waals surface area contributed by atoms with Crippen molar-refractivity contribution in [3.63, 3.8) is 0 Å². The molecule has 0 unspecified atom stereocenters. The summed E-state index contributed by atoms with van der Waals surface area (Å²) < 4.78 is 10.3. The maximum atomic E-state index is 10.3. The van der Waals surface area contributed by atoms with Gasteiger partial charge in [-0.15, -0.1) is 0 Å². The Morgan fingerprint density at radius 2 is 2.09 bits per heavy atom. The summed E-state index contributed by atoms with van der Waals surface area (Å²) in [6.07, 6.45) is 0. The van der Waals surface area contributed by atoms with Gasteiger partial charge >= 0.3 is 11.7 Å². The minimum atomic E-state index is 0.577. The van der Waals surface area contributed by atoms with Gasteiger partial charge < -0.3 is 0 Å². The third kappa shape index (κ3) is 1.84. The lowest BCUT2D eigenvalue weighted by molar-refractivity contribution is 0.604. The quantitative estimate of drug-likeness (QED) is 0.617. The average molecular weight is 167 g/mol. The molecule has 1 rings (SSSR count). The lowest BCUT2D eigenvalue weighted by atomic mass is 10.1. The smallest absolute Gasteiger partial charge is 0.0615 e. The number of hydrogen-bond donors (Lipinski definition) is 0. The summed E-state index contributed by atoms with van der Waals surface area (Å²) in [7, 11) is 0. The normalized spacial score (nSPS) is 9.64. The number of aryl methyl sites for hydroxylation is 1. The SMILES string of the molecule is Cc1cccc(C[S+]=O)c1C. The number of benzene rings is 1. The highest BCUT2D eigenvalue weighted by molar-refractivity contribution is 7.64. The maximum absolute atomic E-state index is 10.3. The minimum absolute atomic E-state index is 0.577. The van der Waals surface area contributed by atoms with E-state index >= 15 is 0 Å². The van der Waals surface area contributed by atoms with Gasteiger partial charge in [-0.25, -0.2) is 0 Å². The lowest BCUT2D eigenvalue weighted by Gasteiger charge is -2.00. The van der Waals surface area contributed by atoms with Crippen LogP contribution in [0.25, 0.3) is 0 Å². The molecule has 0 bridgehead atoms. The fourth-order valence-electron chi connectivity index (χ4n) is 1.03. The van der Waals surface area contributed by atoms with Crippen molar-refractivity contribution in [3.05, 3.63) is 34.9 Å². The molecule has 0 saturated heterocycles. The Balaban J connectivity index is 3.05. The van der Waals surface area contributed by atoms with Gasteiger partial charge in [0.05, 0.1) is 0 Å². The van der Waals surface area contributed by atoms with E-state index in [1.165, 1.54) is 11.1 Å². The predicted molar refractivity (Wildman–Crippen MR) is 47.7 cm³/mol. The fraction of sp³-hybridized carbons (Fsp3) is 0.333. The first-order valence-corrected chi connectivity index (χ1v) is 4.46. The number of rotatable bonds is 2. The first kappa shape index (κ1) is 8.34. The second-order valence-electron chi connectivity index (χ2n) is 2.62. The summed E-state index contributed by atoms with van der Waals surface area (Å²) in [6, 6.07) is 6.06. The van der Waals surface area contributed by atoms with E-state index in [9.17, 15) is 4.21 Å². The summed E-state index contributed by atoms with van der Waals surface area (Å²) in [5.74, 6) is 0.577. The molecule has 2 heteroatoms. The van der Waals surface area contributed by atoms with Crippen LogP contribution < -0.4 is 0 Å². The molecule has 0 aromatic heterocycles. The highest BCUT2D eigenvalue weighted by Gasteiger charge is 2.06. The Hall–Kier alpha value is -0.760. The highest BCUT2D eigenvalue weighted by Crippen LogP contribution is 2.12. The highest BCUT2D eigenvalue weighted by atomic mass is 32.1. The molecule has 1 aromatic carbocycles. The van der Waals surface area contributed by atoms with Crippen molar-refractivity contribution in [2.75, 3.05) is 0 Å². The van der Waals surface area contributed by atoms with Crippen LogP contribution in [0.15, 0.2) is 18.2 Å². The van der Waals surface area contributed by atoms with Crippen LogP contribution in [-0.2, 0) is 21.6 Å². The monoisotopic (exact) mass is 167 g/mol. The van der Waals surface area contributed by atoms with Crippen LogP contribution >= 0.6 is 0 Å². The molecule has 1 aromatic rings. The van der Waals surface area contributed by atoms with E-state index in [1.807, 2.05) is 12.1 Å². The third-order valence-corrected chi connectivity index (χ3v) is 2.36. The predicted octanol–water partition coefficient (Wildman–Crippen LogP) is 2.23. The van der Waals surface area contributed by atoms with Gasteiger partial charge in [-0.05, 0) is 25.0 Å². The van der Waals surface area contributed by atoms with Crippen LogP contribution in [0.3, 0.4) is 0 Å². The van der Waals surface area contributed by atoms with E-state index in [1.54, 1.807) is 0 Å². The topological polar surface area (TPSA) is 17.1 Å². The molecule has 0 N–H and O–H groups in total. The summed E-state index contributed by atoms with van der Waals surface area (Å²) in [5.41, 5.74) is 3.66. The maximum Gasteiger partial charge on any atom is 0.463 e. The zero-order chi connectivity index (χ0) is 8.27. The second kappa shape index (κ2) is 3.58. The van der Waals surface area contributed by atoms with Crippen LogP contribution in [0.5, 0.6) is 0 Å². The average Bonchev–Trinajstić information content (AvgIpc) is 1.99. The molecule has 58 valence electrons. The standard InChI is InChI=1S/C9H11OS/c1-7-4-3-5-9(6-11-10)8(7)2/h3-5H,6H2,1-2H3/q+1. The van der Waals surface area contributed by atoms with Crippen molar-refractivity contribution in [1.29, 1.82) is 0 Å². The first-order valence-electron chi connectivity index (χ1n) is 3.55. The van der Waals surface area contributed by atoms with Crippen LogP contribution in [0.4, 0.5) is 0 Å². The summed E-state index contributed by atoms with van der Waals surface area (Å²) in [5, 5.41) is 0. The second-order valence-corrected chi connectivity index (χ2v) is 3.15. The van der Waals surface area contributed by atoms with Gasteiger partial charge in [0.2, 0.25) is 0 Å². The molecule has 0 radical (unpaired) electrons. The molecule has 0 aliphatic carbocycles. The molecule has 0 heterocycles. The number of hydrogen-bond acceptors (Lipinski definition) is 1. The van der Waals surface area contributed by atoms with Crippen molar-refractivity contribution in [2.45, 2.75) is 19.6 Å². The van der Waals surface area contributed by atoms with E-state index in [-0.39, 0.29) is 0 Å². The Labute approximate surface area is 70.9 Å². The Morgan fingerprint density at radius 3 is 2.73 bits per heavy atom. The molecule has 0 atom stereocenters. The molecular formula is C9H11OS+. The van der Waals surface area contributed by atoms with E-state index in [4.69, 9.17) is 0 Å². The van der Waals surface area contributed by atoms with Crippen molar-refractivity contribution in [1.82, 2.24) is 0 Å². The zero-order valence-electron chi connectivity index (χ0n) is 6.76. The molecule has 0 aliphatic rings. The summed E-state index contributed by atoms with van der Waals surface area (Å²) >= 11 is 0.628. The molecule has 1 nitrogen and oxygen atoms in total. The van der Waals surface area contributed by atoms with Crippen molar-refractivity contribution in [3.8, 4) is 0 Å². The van der Waals surface area contributed by atoms with E-state index < -0.39 is 0 Å². The zero-order valence-corrected chi connectivity index (χ0v) is 7.57. The van der Waals surface area contributed by atoms with Crippen molar-refractivity contribution in [2.24, 2.45) is 0 Å². The van der Waals surface area contributed by atoms with Crippen LogP contribution in [0, 0.1) is 13.8 Å². The molecule has 0 spiro atoms. The molecular weight excluding hydrogens is 156 g/mol. The van der Waals surface area contributed by atoms with E-state index in [0.29, 0.717) is 17.4 Å². The molecule has 0 saturated carbocycles. The summed E-state index contributed by atoms with van der Waals surface area (Å²) in [6.45, 7) is 4.12. The van der Waals surface area contributed by atoms with Crippen molar-refractivity contribution < 1.29 is 4.21 Å². The Kier molecular flexibility index (Phi) is 2.71. The van der Waals surface area contributed by atoms with Gasteiger partial charge in [-0.1, -0.05) is 18.2 Å². The van der Waals surface area contributed by atoms with Gasteiger partial charge in [0.15, 0.2) is 0 Å². The largest absolute Gasteiger partial charge is 0.463 e. The lowest BCUT2D eigenvalue weighted by Crippen LogP contribution is -1.89. The Bertz CT molecular complexity index is 268. The van der Waals surface area contributed by atoms with E-state index in [0.717, 1.165) is 5.56 Å². The molecule has 11 heavy (non-hydrogen) atoms.